The van der Waals surface area contributed by atoms with Gasteiger partial charge in [0, 0.05) is 14.2 Å². The van der Waals surface area contributed by atoms with E-state index >= 15 is 0 Å². The summed E-state index contributed by atoms with van der Waals surface area (Å²) in [7, 11) is -0.174. The van der Waals surface area contributed by atoms with Gasteiger partial charge in [-0.3, -0.25) is 0 Å². The first-order chi connectivity index (χ1) is 3.12. The van der Waals surface area contributed by atoms with Gasteiger partial charge in [0.15, 0.2) is 0 Å². The van der Waals surface area contributed by atoms with Crippen LogP contribution in [0.4, 0.5) is 0 Å². The maximum absolute atomic E-state index is 8.72. The maximum atomic E-state index is 8.72. The van der Waals surface area contributed by atoms with Gasteiger partial charge in [-0.25, -0.2) is 0 Å². The summed E-state index contributed by atoms with van der Waals surface area (Å²) in [5.41, 5.74) is 0. The first kappa shape index (κ1) is 6.97. The Bertz CT molecular complexity index is 48.1. The lowest BCUT2D eigenvalue weighted by Gasteiger charge is -2.02. The minimum Gasteiger partial charge on any atom is -0.352 e. The second-order valence-corrected chi connectivity index (χ2v) is 3.36. The highest BCUT2D eigenvalue weighted by Crippen LogP contribution is 1.93. The van der Waals surface area contributed by atoms with Gasteiger partial charge in [-0.2, -0.15) is 0 Å². The Hall–Kier alpha value is -0.0331. The first-order valence-electron chi connectivity index (χ1n) is 1.80. The van der Waals surface area contributed by atoms with Crippen LogP contribution in [0.15, 0.2) is 0 Å². The quantitative estimate of drug-likeness (QED) is 0.398. The fourth-order valence-electron chi connectivity index (χ4n) is 0.0833. The van der Waals surface area contributed by atoms with Crippen LogP contribution in [0.3, 0.4) is 0 Å². The van der Waals surface area contributed by atoms with Crippen molar-refractivity contribution >= 4 is 8.80 Å². The Balaban J connectivity index is 3.36. The van der Waals surface area contributed by atoms with Crippen LogP contribution in [-0.4, -0.2) is 27.8 Å². The van der Waals surface area contributed by atoms with Crippen molar-refractivity contribution < 1.29 is 13.6 Å². The molecule has 0 saturated carbocycles. The molecule has 0 atom stereocenters. The Morgan fingerprint density at radius 2 is 1.71 bits per heavy atom. The Labute approximate surface area is 44.2 Å². The standard InChI is InChI=1S/C3H9O3Si/c1-5-7(3,4)6-2/h4H,3H2,1-2H3/q+1. The van der Waals surface area contributed by atoms with Crippen LogP contribution >= 0.6 is 0 Å². The van der Waals surface area contributed by atoms with Crippen LogP contribution in [0.2, 0.25) is 0 Å². The molecular weight excluding hydrogens is 112 g/mol. The van der Waals surface area contributed by atoms with Crippen LogP contribution in [0.5, 0.6) is 0 Å². The van der Waals surface area contributed by atoms with Crippen molar-refractivity contribution in [2.24, 2.45) is 0 Å². The molecule has 0 aliphatic rings. The minimum atomic E-state index is -2.90. The Morgan fingerprint density at radius 1 is 1.43 bits per heavy atom. The second-order valence-electron chi connectivity index (χ2n) is 1.12. The highest BCUT2D eigenvalue weighted by atomic mass is 28.4. The van der Waals surface area contributed by atoms with Crippen molar-refractivity contribution in [3.63, 3.8) is 0 Å². The molecule has 0 aromatic heterocycles. The van der Waals surface area contributed by atoms with Gasteiger partial charge < -0.3 is 13.6 Å². The molecule has 0 radical (unpaired) electrons. The van der Waals surface area contributed by atoms with Crippen molar-refractivity contribution in [2.45, 2.75) is 0 Å². The van der Waals surface area contributed by atoms with Gasteiger partial charge in [-0.05, 0) is 0 Å². The summed E-state index contributed by atoms with van der Waals surface area (Å²) in [6, 6.07) is 0. The van der Waals surface area contributed by atoms with Crippen molar-refractivity contribution in [1.82, 2.24) is 0 Å². The molecule has 0 aliphatic heterocycles. The molecule has 0 rings (SSSR count). The molecule has 0 aliphatic carbocycles. The predicted molar refractivity (Wildman–Crippen MR) is 27.3 cm³/mol. The largest absolute Gasteiger partial charge is 0.739 e. The summed E-state index contributed by atoms with van der Waals surface area (Å²) in [6.45, 7) is 3.26. The zero-order valence-corrected chi connectivity index (χ0v) is 5.47. The van der Waals surface area contributed by atoms with Gasteiger partial charge in [0.05, 0.1) is 6.55 Å². The summed E-state index contributed by atoms with van der Waals surface area (Å²) in [4.78, 5) is 8.72. The fourth-order valence-corrected chi connectivity index (χ4v) is 0.250. The van der Waals surface area contributed by atoms with Crippen LogP contribution in [0.25, 0.3) is 0 Å². The maximum Gasteiger partial charge on any atom is 0.739 e. The van der Waals surface area contributed by atoms with E-state index in [0.29, 0.717) is 0 Å². The average Bonchev–Trinajstić information content (AvgIpc) is 1.68. The molecule has 0 unspecified atom stereocenters. The minimum absolute atomic E-state index is 1.36. The molecule has 0 amide bonds. The molecule has 0 fully saturated rings. The summed E-state index contributed by atoms with van der Waals surface area (Å²) < 4.78 is 8.90. The molecule has 0 aromatic rings. The summed E-state index contributed by atoms with van der Waals surface area (Å²) in [5, 5.41) is 0. The third-order valence-corrected chi connectivity index (χ3v) is 1.91. The van der Waals surface area contributed by atoms with E-state index in [2.05, 4.69) is 15.4 Å². The topological polar surface area (TPSA) is 38.7 Å². The highest BCUT2D eigenvalue weighted by molar-refractivity contribution is 6.61. The fraction of sp³-hybridized carbons (Fsp3) is 0.667. The molecule has 0 bridgehead atoms. The summed E-state index contributed by atoms with van der Waals surface area (Å²) in [5.74, 6) is 0. The van der Waals surface area contributed by atoms with E-state index < -0.39 is 8.80 Å². The second kappa shape index (κ2) is 2.32. The molecule has 42 valence electrons. The van der Waals surface area contributed by atoms with E-state index in [4.69, 9.17) is 4.80 Å². The van der Waals surface area contributed by atoms with E-state index in [1.807, 2.05) is 0 Å². The Kier molecular flexibility index (Phi) is 2.31. The van der Waals surface area contributed by atoms with E-state index in [1.54, 1.807) is 0 Å². The SMILES string of the molecule is [CH2+][Si](O)(OC)OC. The Morgan fingerprint density at radius 3 is 1.71 bits per heavy atom. The van der Waals surface area contributed by atoms with E-state index in [0.717, 1.165) is 0 Å². The first-order valence-corrected chi connectivity index (χ1v) is 3.77. The van der Waals surface area contributed by atoms with Gasteiger partial charge in [-0.15, -0.1) is 0 Å². The van der Waals surface area contributed by atoms with Gasteiger partial charge >= 0.3 is 8.80 Å². The monoisotopic (exact) mass is 121 g/mol. The smallest absolute Gasteiger partial charge is 0.352 e. The average molecular weight is 121 g/mol. The van der Waals surface area contributed by atoms with Gasteiger partial charge in [0.1, 0.15) is 0 Å². The lowest BCUT2D eigenvalue weighted by molar-refractivity contribution is 0.166. The van der Waals surface area contributed by atoms with Crippen LogP contribution in [0, 0.1) is 6.55 Å². The van der Waals surface area contributed by atoms with Crippen LogP contribution in [0.1, 0.15) is 0 Å². The molecule has 3 nitrogen and oxygen atoms in total. The number of rotatable bonds is 2. The molecule has 7 heavy (non-hydrogen) atoms. The molecule has 0 aromatic carbocycles. The molecule has 4 heteroatoms. The third-order valence-electron chi connectivity index (χ3n) is 0.638. The zero-order chi connectivity index (χ0) is 5.91. The molecule has 1 N–H and O–H groups in total. The van der Waals surface area contributed by atoms with Crippen LogP contribution in [-0.2, 0) is 8.85 Å². The summed E-state index contributed by atoms with van der Waals surface area (Å²) >= 11 is 0. The molecule has 0 heterocycles. The molecule has 0 spiro atoms. The van der Waals surface area contributed by atoms with Crippen molar-refractivity contribution in [2.75, 3.05) is 14.2 Å². The number of hydrogen-bond acceptors (Lipinski definition) is 3. The summed E-state index contributed by atoms with van der Waals surface area (Å²) in [6.07, 6.45) is 0. The van der Waals surface area contributed by atoms with E-state index in [1.165, 1.54) is 14.2 Å². The van der Waals surface area contributed by atoms with Crippen molar-refractivity contribution in [1.29, 1.82) is 0 Å². The van der Waals surface area contributed by atoms with Crippen molar-refractivity contribution in [3.05, 3.63) is 6.55 Å². The third kappa shape index (κ3) is 2.64. The van der Waals surface area contributed by atoms with Gasteiger partial charge in [0.25, 0.3) is 0 Å². The highest BCUT2D eigenvalue weighted by Gasteiger charge is 2.40. The predicted octanol–water partition coefficient (Wildman–Crippen LogP) is -0.416. The molecule has 0 saturated heterocycles. The van der Waals surface area contributed by atoms with Gasteiger partial charge in [0.2, 0.25) is 0 Å². The van der Waals surface area contributed by atoms with E-state index in [-0.39, 0.29) is 0 Å². The van der Waals surface area contributed by atoms with Crippen LogP contribution < -0.4 is 0 Å². The normalized spacial score (nSPS) is 11.9. The van der Waals surface area contributed by atoms with E-state index in [9.17, 15) is 0 Å². The lowest BCUT2D eigenvalue weighted by atomic mass is 11.8. The van der Waals surface area contributed by atoms with Gasteiger partial charge in [-0.1, -0.05) is 0 Å². The lowest BCUT2D eigenvalue weighted by Crippen LogP contribution is -2.36. The number of hydrogen-bond donors (Lipinski definition) is 1. The zero-order valence-electron chi connectivity index (χ0n) is 4.47. The molecular formula is C3H9O3Si+. The van der Waals surface area contributed by atoms with Crippen molar-refractivity contribution in [3.8, 4) is 0 Å².